The smallest absolute Gasteiger partial charge is 0.0991 e. The molecule has 13 heavy (non-hydrogen) atoms. The zero-order valence-corrected chi connectivity index (χ0v) is 9.14. The van der Waals surface area contributed by atoms with Crippen molar-refractivity contribution in [2.75, 3.05) is 6.54 Å². The lowest BCUT2D eigenvalue weighted by atomic mass is 9.83. The number of amidine groups is 1. The highest BCUT2D eigenvalue weighted by Crippen LogP contribution is 2.29. The molecule has 2 N–H and O–H groups in total. The topological polar surface area (TPSA) is 38.4 Å². The van der Waals surface area contributed by atoms with Crippen LogP contribution in [0.5, 0.6) is 0 Å². The Kier molecular flexibility index (Phi) is 3.34. The van der Waals surface area contributed by atoms with Gasteiger partial charge in [-0.15, -0.1) is 0 Å². The summed E-state index contributed by atoms with van der Waals surface area (Å²) in [5.74, 6) is 1.74. The minimum absolute atomic E-state index is 0.0413. The Hall–Kier alpha value is -0.530. The molecule has 2 nitrogen and oxygen atoms in total. The van der Waals surface area contributed by atoms with Gasteiger partial charge in [0.05, 0.1) is 5.84 Å². The maximum absolute atomic E-state index is 5.85. The summed E-state index contributed by atoms with van der Waals surface area (Å²) in [7, 11) is 0. The SMILES string of the molecule is CC(C)(C)C(N)=NCCC1CCC1. The molecule has 1 aliphatic carbocycles. The molecule has 0 heterocycles. The van der Waals surface area contributed by atoms with Gasteiger partial charge in [0.2, 0.25) is 0 Å². The Morgan fingerprint density at radius 2 is 2.00 bits per heavy atom. The van der Waals surface area contributed by atoms with E-state index in [1.165, 1.54) is 25.7 Å². The number of nitrogens with zero attached hydrogens (tertiary/aromatic N) is 1. The molecule has 0 aromatic heterocycles. The zero-order valence-electron chi connectivity index (χ0n) is 9.14. The molecule has 0 bridgehead atoms. The molecule has 0 aromatic carbocycles. The Balaban J connectivity index is 2.22. The first-order valence-electron chi connectivity index (χ1n) is 5.30. The van der Waals surface area contributed by atoms with Crippen LogP contribution in [0.1, 0.15) is 46.5 Å². The summed E-state index contributed by atoms with van der Waals surface area (Å²) in [6.07, 6.45) is 5.47. The van der Waals surface area contributed by atoms with Crippen molar-refractivity contribution >= 4 is 5.84 Å². The fourth-order valence-electron chi connectivity index (χ4n) is 1.39. The van der Waals surface area contributed by atoms with Crippen LogP contribution in [0, 0.1) is 11.3 Å². The van der Waals surface area contributed by atoms with E-state index in [9.17, 15) is 0 Å². The molecular formula is C11H22N2. The lowest BCUT2D eigenvalue weighted by molar-refractivity contribution is 0.300. The standard InChI is InChI=1S/C11H22N2/c1-11(2,3)10(12)13-8-7-9-5-4-6-9/h9H,4-8H2,1-3H3,(H2,12,13). The van der Waals surface area contributed by atoms with Crippen LogP contribution in [0.25, 0.3) is 0 Å². The molecule has 0 atom stereocenters. The lowest BCUT2D eigenvalue weighted by Gasteiger charge is -2.24. The van der Waals surface area contributed by atoms with Gasteiger partial charge in [0.15, 0.2) is 0 Å². The van der Waals surface area contributed by atoms with E-state index in [-0.39, 0.29) is 5.41 Å². The highest BCUT2D eigenvalue weighted by molar-refractivity contribution is 5.85. The van der Waals surface area contributed by atoms with Crippen LogP contribution in [0.2, 0.25) is 0 Å². The van der Waals surface area contributed by atoms with E-state index in [1.807, 2.05) is 0 Å². The first-order chi connectivity index (χ1) is 6.00. The van der Waals surface area contributed by atoms with Crippen LogP contribution in [-0.2, 0) is 0 Å². The van der Waals surface area contributed by atoms with Crippen LogP contribution < -0.4 is 5.73 Å². The quantitative estimate of drug-likeness (QED) is 0.529. The summed E-state index contributed by atoms with van der Waals surface area (Å²) < 4.78 is 0. The number of hydrogen-bond acceptors (Lipinski definition) is 1. The van der Waals surface area contributed by atoms with Gasteiger partial charge in [0.25, 0.3) is 0 Å². The van der Waals surface area contributed by atoms with Gasteiger partial charge in [-0.25, -0.2) is 0 Å². The van der Waals surface area contributed by atoms with Crippen molar-refractivity contribution in [2.24, 2.45) is 22.1 Å². The second-order valence-corrected chi connectivity index (χ2v) is 5.10. The molecule has 0 saturated heterocycles. The number of aliphatic imine (C=N–C) groups is 1. The van der Waals surface area contributed by atoms with Crippen molar-refractivity contribution in [1.82, 2.24) is 0 Å². The average molecular weight is 182 g/mol. The van der Waals surface area contributed by atoms with Crippen LogP contribution in [-0.4, -0.2) is 12.4 Å². The second kappa shape index (κ2) is 4.12. The molecule has 0 amide bonds. The molecule has 2 heteroatoms. The summed E-state index contributed by atoms with van der Waals surface area (Å²) in [5.41, 5.74) is 5.89. The largest absolute Gasteiger partial charge is 0.387 e. The van der Waals surface area contributed by atoms with E-state index in [1.54, 1.807) is 0 Å². The van der Waals surface area contributed by atoms with Gasteiger partial charge in [-0.1, -0.05) is 40.0 Å². The normalized spacial score (nSPS) is 20.1. The van der Waals surface area contributed by atoms with Crippen molar-refractivity contribution in [3.63, 3.8) is 0 Å². The maximum Gasteiger partial charge on any atom is 0.0991 e. The zero-order chi connectivity index (χ0) is 9.90. The minimum Gasteiger partial charge on any atom is -0.387 e. The van der Waals surface area contributed by atoms with Gasteiger partial charge in [0, 0.05) is 12.0 Å². The third kappa shape index (κ3) is 3.37. The fourth-order valence-corrected chi connectivity index (χ4v) is 1.39. The number of rotatable bonds is 3. The van der Waals surface area contributed by atoms with Crippen LogP contribution in [0.3, 0.4) is 0 Å². The van der Waals surface area contributed by atoms with Gasteiger partial charge in [0.1, 0.15) is 0 Å². The fraction of sp³-hybridized carbons (Fsp3) is 0.909. The molecule has 0 radical (unpaired) electrons. The summed E-state index contributed by atoms with van der Waals surface area (Å²) in [6, 6.07) is 0. The van der Waals surface area contributed by atoms with E-state index in [4.69, 9.17) is 5.73 Å². The molecule has 0 spiro atoms. The van der Waals surface area contributed by atoms with Gasteiger partial charge in [-0.2, -0.15) is 0 Å². The van der Waals surface area contributed by atoms with E-state index < -0.39 is 0 Å². The van der Waals surface area contributed by atoms with Crippen molar-refractivity contribution in [3.8, 4) is 0 Å². The molecule has 1 aliphatic rings. The van der Waals surface area contributed by atoms with Gasteiger partial charge >= 0.3 is 0 Å². The Morgan fingerprint density at radius 1 is 1.38 bits per heavy atom. The van der Waals surface area contributed by atoms with Gasteiger partial charge in [-0.05, 0) is 12.3 Å². The highest BCUT2D eigenvalue weighted by atomic mass is 14.9. The molecule has 1 fully saturated rings. The van der Waals surface area contributed by atoms with E-state index in [2.05, 4.69) is 25.8 Å². The van der Waals surface area contributed by atoms with Crippen LogP contribution >= 0.6 is 0 Å². The average Bonchev–Trinajstić information content (AvgIpc) is 1.91. The summed E-state index contributed by atoms with van der Waals surface area (Å²) in [4.78, 5) is 4.41. The summed E-state index contributed by atoms with van der Waals surface area (Å²) in [5, 5.41) is 0. The first kappa shape index (κ1) is 10.6. The third-order valence-electron chi connectivity index (χ3n) is 2.81. The molecule has 76 valence electrons. The Bertz CT molecular complexity index is 185. The molecule has 0 aromatic rings. The van der Waals surface area contributed by atoms with Crippen molar-refractivity contribution in [3.05, 3.63) is 0 Å². The van der Waals surface area contributed by atoms with Crippen molar-refractivity contribution < 1.29 is 0 Å². The summed E-state index contributed by atoms with van der Waals surface area (Å²) in [6.45, 7) is 7.24. The third-order valence-corrected chi connectivity index (χ3v) is 2.81. The molecular weight excluding hydrogens is 160 g/mol. The lowest BCUT2D eigenvalue weighted by Crippen LogP contribution is -2.29. The maximum atomic E-state index is 5.85. The number of hydrogen-bond donors (Lipinski definition) is 1. The molecule has 1 rings (SSSR count). The number of nitrogens with two attached hydrogens (primary N) is 1. The predicted molar refractivity (Wildman–Crippen MR) is 57.9 cm³/mol. The molecule has 0 unspecified atom stereocenters. The molecule has 0 aliphatic heterocycles. The van der Waals surface area contributed by atoms with Crippen LogP contribution in [0.15, 0.2) is 4.99 Å². The monoisotopic (exact) mass is 182 g/mol. The van der Waals surface area contributed by atoms with Gasteiger partial charge < -0.3 is 5.73 Å². The predicted octanol–water partition coefficient (Wildman–Crippen LogP) is 2.58. The van der Waals surface area contributed by atoms with E-state index in [0.29, 0.717) is 0 Å². The van der Waals surface area contributed by atoms with Crippen LogP contribution in [0.4, 0.5) is 0 Å². The van der Waals surface area contributed by atoms with E-state index in [0.717, 1.165) is 18.3 Å². The van der Waals surface area contributed by atoms with E-state index >= 15 is 0 Å². The first-order valence-corrected chi connectivity index (χ1v) is 5.30. The highest BCUT2D eigenvalue weighted by Gasteiger charge is 2.18. The summed E-state index contributed by atoms with van der Waals surface area (Å²) >= 11 is 0. The van der Waals surface area contributed by atoms with Crippen molar-refractivity contribution in [2.45, 2.75) is 46.5 Å². The van der Waals surface area contributed by atoms with Gasteiger partial charge in [-0.3, -0.25) is 4.99 Å². The second-order valence-electron chi connectivity index (χ2n) is 5.10. The minimum atomic E-state index is 0.0413. The Morgan fingerprint density at radius 3 is 2.38 bits per heavy atom. The molecule has 1 saturated carbocycles. The van der Waals surface area contributed by atoms with Crippen molar-refractivity contribution in [1.29, 1.82) is 0 Å². The Labute approximate surface area is 81.6 Å².